The number of aromatic nitrogens is 4. The summed E-state index contributed by atoms with van der Waals surface area (Å²) in [5, 5.41) is 13.9. The average molecular weight is 323 g/mol. The van der Waals surface area contributed by atoms with Crippen LogP contribution in [-0.4, -0.2) is 42.8 Å². The van der Waals surface area contributed by atoms with Gasteiger partial charge in [0.25, 0.3) is 0 Å². The van der Waals surface area contributed by atoms with Gasteiger partial charge < -0.3 is 4.90 Å². The lowest BCUT2D eigenvalue weighted by Crippen LogP contribution is -2.36. The van der Waals surface area contributed by atoms with Crippen molar-refractivity contribution in [2.45, 2.75) is 36.2 Å². The van der Waals surface area contributed by atoms with Crippen molar-refractivity contribution in [3.63, 3.8) is 0 Å². The molecule has 1 aliphatic rings. The number of thiophene rings is 1. The molecule has 2 aromatic heterocycles. The van der Waals surface area contributed by atoms with E-state index in [0.717, 1.165) is 19.4 Å². The molecule has 0 aliphatic carbocycles. The van der Waals surface area contributed by atoms with Crippen LogP contribution in [0.25, 0.3) is 0 Å². The maximum atomic E-state index is 12.7. The highest BCUT2D eigenvalue weighted by atomic mass is 32.2. The van der Waals surface area contributed by atoms with Gasteiger partial charge in [-0.25, -0.2) is 4.68 Å². The molecule has 6 nitrogen and oxygen atoms in total. The molecule has 2 aromatic rings. The van der Waals surface area contributed by atoms with E-state index in [1.54, 1.807) is 23.1 Å². The molecule has 0 N–H and O–H groups in total. The fourth-order valence-electron chi connectivity index (χ4n) is 2.57. The van der Waals surface area contributed by atoms with E-state index >= 15 is 0 Å². The number of carbonyl (C=O) groups is 1. The van der Waals surface area contributed by atoms with Crippen LogP contribution in [0.1, 0.15) is 30.7 Å². The van der Waals surface area contributed by atoms with Crippen molar-refractivity contribution in [1.82, 2.24) is 25.1 Å². The minimum Gasteiger partial charge on any atom is -0.334 e. The van der Waals surface area contributed by atoms with Crippen molar-refractivity contribution >= 4 is 29.0 Å². The Morgan fingerprint density at radius 2 is 2.43 bits per heavy atom. The van der Waals surface area contributed by atoms with Gasteiger partial charge in [0.15, 0.2) is 0 Å². The van der Waals surface area contributed by atoms with Crippen LogP contribution in [0.3, 0.4) is 0 Å². The zero-order chi connectivity index (χ0) is 14.8. The van der Waals surface area contributed by atoms with Crippen molar-refractivity contribution in [1.29, 1.82) is 0 Å². The number of hydrogen-bond acceptors (Lipinski definition) is 6. The second-order valence-electron chi connectivity index (χ2n) is 5.05. The first-order chi connectivity index (χ1) is 10.2. The van der Waals surface area contributed by atoms with Gasteiger partial charge in [-0.05, 0) is 41.6 Å². The van der Waals surface area contributed by atoms with Gasteiger partial charge in [0, 0.05) is 18.5 Å². The third kappa shape index (κ3) is 2.96. The number of aryl methyl sites for hydroxylation is 1. The number of hydrogen-bond donors (Lipinski definition) is 0. The van der Waals surface area contributed by atoms with Crippen molar-refractivity contribution in [3.8, 4) is 0 Å². The van der Waals surface area contributed by atoms with Crippen molar-refractivity contribution in [3.05, 3.63) is 22.4 Å². The van der Waals surface area contributed by atoms with Gasteiger partial charge in [-0.2, -0.15) is 0 Å². The van der Waals surface area contributed by atoms with Gasteiger partial charge in [0.2, 0.25) is 11.1 Å². The molecule has 112 valence electrons. The third-order valence-electron chi connectivity index (χ3n) is 3.62. The Balaban J connectivity index is 1.70. The van der Waals surface area contributed by atoms with Gasteiger partial charge in [-0.15, -0.1) is 16.4 Å². The topological polar surface area (TPSA) is 63.9 Å². The first-order valence-corrected chi connectivity index (χ1v) is 8.65. The fraction of sp³-hybridized carbons (Fsp3) is 0.538. The number of likely N-dealkylation sites (tertiary alicyclic amines) is 1. The van der Waals surface area contributed by atoms with Gasteiger partial charge in [0.1, 0.15) is 0 Å². The van der Waals surface area contributed by atoms with E-state index in [-0.39, 0.29) is 17.2 Å². The van der Waals surface area contributed by atoms with Crippen LogP contribution in [0.5, 0.6) is 0 Å². The second-order valence-corrected chi connectivity index (χ2v) is 7.34. The molecule has 0 saturated carbocycles. The van der Waals surface area contributed by atoms with Crippen LogP contribution in [-0.2, 0) is 11.8 Å². The quantitative estimate of drug-likeness (QED) is 0.807. The summed E-state index contributed by atoms with van der Waals surface area (Å²) in [6.07, 6.45) is 2.12. The molecule has 0 spiro atoms. The standard InChI is InChI=1S/C13H17N5OS2/c1-9(21-13-14-15-16-17(13)2)12(19)18-7-3-5-10(18)11-6-4-8-20-11/h4,6,8-10H,3,5,7H2,1-2H3/t9-,10+/m0/s1. The monoisotopic (exact) mass is 323 g/mol. The van der Waals surface area contributed by atoms with E-state index in [4.69, 9.17) is 0 Å². The second kappa shape index (κ2) is 6.15. The first kappa shape index (κ1) is 14.5. The summed E-state index contributed by atoms with van der Waals surface area (Å²) in [6.45, 7) is 2.76. The molecule has 8 heteroatoms. The number of tetrazole rings is 1. The summed E-state index contributed by atoms with van der Waals surface area (Å²) >= 11 is 3.13. The van der Waals surface area contributed by atoms with E-state index in [1.165, 1.54) is 16.6 Å². The van der Waals surface area contributed by atoms with E-state index in [0.29, 0.717) is 5.16 Å². The van der Waals surface area contributed by atoms with Gasteiger partial charge in [-0.3, -0.25) is 4.79 Å². The molecule has 0 bridgehead atoms. The minimum atomic E-state index is -0.185. The Labute approximate surface area is 131 Å². The number of amides is 1. The van der Waals surface area contributed by atoms with E-state index in [1.807, 2.05) is 17.9 Å². The highest BCUT2D eigenvalue weighted by Gasteiger charge is 2.33. The molecule has 1 fully saturated rings. The smallest absolute Gasteiger partial charge is 0.236 e. The SMILES string of the molecule is C[C@H](Sc1nnnn1C)C(=O)N1CCC[C@@H]1c1cccs1. The molecule has 2 atom stereocenters. The molecule has 1 amide bonds. The zero-order valence-corrected chi connectivity index (χ0v) is 13.6. The van der Waals surface area contributed by atoms with E-state index in [9.17, 15) is 4.79 Å². The molecule has 1 aliphatic heterocycles. The molecule has 21 heavy (non-hydrogen) atoms. The Morgan fingerprint density at radius 3 is 3.10 bits per heavy atom. The molecule has 0 radical (unpaired) electrons. The van der Waals surface area contributed by atoms with Crippen molar-refractivity contribution in [2.24, 2.45) is 7.05 Å². The summed E-state index contributed by atoms with van der Waals surface area (Å²) in [5.41, 5.74) is 0. The lowest BCUT2D eigenvalue weighted by molar-refractivity contribution is -0.131. The highest BCUT2D eigenvalue weighted by Crippen LogP contribution is 2.36. The number of carbonyl (C=O) groups excluding carboxylic acids is 1. The van der Waals surface area contributed by atoms with E-state index < -0.39 is 0 Å². The van der Waals surface area contributed by atoms with Crippen LogP contribution < -0.4 is 0 Å². The van der Waals surface area contributed by atoms with Crippen LogP contribution in [0.4, 0.5) is 0 Å². The van der Waals surface area contributed by atoms with Crippen LogP contribution in [0, 0.1) is 0 Å². The minimum absolute atomic E-state index is 0.166. The van der Waals surface area contributed by atoms with Crippen molar-refractivity contribution in [2.75, 3.05) is 6.54 Å². The summed E-state index contributed by atoms with van der Waals surface area (Å²) in [6, 6.07) is 4.40. The molecular formula is C13H17N5OS2. The Kier molecular flexibility index (Phi) is 4.25. The lowest BCUT2D eigenvalue weighted by Gasteiger charge is -2.26. The van der Waals surface area contributed by atoms with Crippen LogP contribution >= 0.6 is 23.1 Å². The van der Waals surface area contributed by atoms with Gasteiger partial charge in [0.05, 0.1) is 11.3 Å². The Hall–Kier alpha value is -1.41. The predicted octanol–water partition coefficient (Wildman–Crippen LogP) is 2.12. The summed E-state index contributed by atoms with van der Waals surface area (Å²) in [4.78, 5) is 16.0. The summed E-state index contributed by atoms with van der Waals surface area (Å²) in [7, 11) is 1.78. The molecule has 3 heterocycles. The molecule has 1 saturated heterocycles. The highest BCUT2D eigenvalue weighted by molar-refractivity contribution is 8.00. The average Bonchev–Trinajstić information content (AvgIpc) is 3.18. The molecule has 3 rings (SSSR count). The first-order valence-electron chi connectivity index (χ1n) is 6.89. The van der Waals surface area contributed by atoms with Crippen molar-refractivity contribution < 1.29 is 4.79 Å². The number of thioether (sulfide) groups is 1. The third-order valence-corrected chi connectivity index (χ3v) is 5.70. The molecule has 0 unspecified atom stereocenters. The summed E-state index contributed by atoms with van der Waals surface area (Å²) in [5.74, 6) is 0.166. The maximum Gasteiger partial charge on any atom is 0.236 e. The maximum absolute atomic E-state index is 12.7. The predicted molar refractivity (Wildman–Crippen MR) is 82.1 cm³/mol. The molecular weight excluding hydrogens is 306 g/mol. The summed E-state index contributed by atoms with van der Waals surface area (Å²) < 4.78 is 1.59. The zero-order valence-electron chi connectivity index (χ0n) is 12.0. The Bertz CT molecular complexity index is 612. The largest absolute Gasteiger partial charge is 0.334 e. The molecule has 0 aromatic carbocycles. The lowest BCUT2D eigenvalue weighted by atomic mass is 10.2. The normalized spacial score (nSPS) is 19.9. The Morgan fingerprint density at radius 1 is 1.57 bits per heavy atom. The van der Waals surface area contributed by atoms with Crippen LogP contribution in [0.2, 0.25) is 0 Å². The number of nitrogens with zero attached hydrogens (tertiary/aromatic N) is 5. The van der Waals surface area contributed by atoms with Gasteiger partial charge >= 0.3 is 0 Å². The van der Waals surface area contributed by atoms with E-state index in [2.05, 4.69) is 27.0 Å². The number of rotatable bonds is 4. The van der Waals surface area contributed by atoms with Gasteiger partial charge in [-0.1, -0.05) is 17.8 Å². The van der Waals surface area contributed by atoms with Crippen LogP contribution in [0.15, 0.2) is 22.7 Å². The fourth-order valence-corrected chi connectivity index (χ4v) is 4.27.